The van der Waals surface area contributed by atoms with Crippen LogP contribution in [0.3, 0.4) is 0 Å². The second kappa shape index (κ2) is 9.30. The van der Waals surface area contributed by atoms with Gasteiger partial charge >= 0.3 is 0 Å². The van der Waals surface area contributed by atoms with Gasteiger partial charge in [-0.2, -0.15) is 0 Å². The molecule has 8 heteroatoms. The second-order valence-electron chi connectivity index (χ2n) is 8.26. The average molecular weight is 478 g/mol. The van der Waals surface area contributed by atoms with E-state index in [2.05, 4.69) is 5.32 Å². The molecular weight excluding hydrogens is 453 g/mol. The molecule has 0 saturated carbocycles. The van der Waals surface area contributed by atoms with Crippen LogP contribution in [0.4, 0.5) is 14.9 Å². The summed E-state index contributed by atoms with van der Waals surface area (Å²) in [6, 6.07) is 13.6. The van der Waals surface area contributed by atoms with Crippen molar-refractivity contribution in [3.63, 3.8) is 0 Å². The molecule has 2 heterocycles. The first-order chi connectivity index (χ1) is 16.1. The minimum atomic E-state index is -0.513. The summed E-state index contributed by atoms with van der Waals surface area (Å²) in [5, 5.41) is 2.24. The number of carbonyl (C=O) groups excluding carboxylic acids is 3. The summed E-state index contributed by atoms with van der Waals surface area (Å²) in [7, 11) is 0. The normalized spacial score (nSPS) is 14.9. The van der Waals surface area contributed by atoms with Gasteiger partial charge in [0.25, 0.3) is 11.1 Å². The smallest absolute Gasteiger partial charge is 0.294 e. The van der Waals surface area contributed by atoms with E-state index in [4.69, 9.17) is 0 Å². The highest BCUT2D eigenvalue weighted by Gasteiger charge is 2.36. The molecule has 1 saturated heterocycles. The van der Waals surface area contributed by atoms with Crippen molar-refractivity contribution in [3.8, 4) is 5.69 Å². The number of carbonyl (C=O) groups is 3. The predicted octanol–water partition coefficient (Wildman–Crippen LogP) is 5.53. The molecule has 174 valence electrons. The Hall–Kier alpha value is -3.65. The van der Waals surface area contributed by atoms with E-state index in [9.17, 15) is 18.8 Å². The molecule has 4 rings (SSSR count). The molecule has 0 unspecified atom stereocenters. The lowest BCUT2D eigenvalue weighted by molar-refractivity contribution is -0.127. The Balaban J connectivity index is 1.52. The van der Waals surface area contributed by atoms with Gasteiger partial charge in [-0.25, -0.2) is 4.39 Å². The van der Waals surface area contributed by atoms with Crippen LogP contribution < -0.4 is 5.32 Å². The van der Waals surface area contributed by atoms with Crippen molar-refractivity contribution in [1.29, 1.82) is 0 Å². The highest BCUT2D eigenvalue weighted by Crippen LogP contribution is 2.33. The Morgan fingerprint density at radius 3 is 2.50 bits per heavy atom. The highest BCUT2D eigenvalue weighted by atomic mass is 32.2. The van der Waals surface area contributed by atoms with Crippen molar-refractivity contribution in [1.82, 2.24) is 9.47 Å². The van der Waals surface area contributed by atoms with Gasteiger partial charge in [-0.15, -0.1) is 0 Å². The molecule has 1 aromatic heterocycles. The molecule has 1 fully saturated rings. The molecule has 3 amide bonds. The van der Waals surface area contributed by atoms with Gasteiger partial charge < -0.3 is 9.88 Å². The fourth-order valence-corrected chi connectivity index (χ4v) is 4.72. The third-order valence-electron chi connectivity index (χ3n) is 5.79. The topological polar surface area (TPSA) is 71.4 Å². The minimum absolute atomic E-state index is 0.239. The fraction of sp³-hybridized carbons (Fsp3) is 0.192. The first-order valence-corrected chi connectivity index (χ1v) is 11.5. The van der Waals surface area contributed by atoms with E-state index in [1.807, 2.05) is 50.5 Å². The second-order valence-corrected chi connectivity index (χ2v) is 9.25. The number of aryl methyl sites for hydroxylation is 3. The Morgan fingerprint density at radius 1 is 1.03 bits per heavy atom. The molecule has 6 nitrogen and oxygen atoms in total. The first kappa shape index (κ1) is 23.5. The van der Waals surface area contributed by atoms with E-state index in [1.54, 1.807) is 24.3 Å². The number of halogens is 1. The zero-order chi connectivity index (χ0) is 24.6. The van der Waals surface area contributed by atoms with Gasteiger partial charge in [0.05, 0.1) is 4.91 Å². The molecule has 0 spiro atoms. The number of anilines is 1. The first-order valence-electron chi connectivity index (χ1n) is 10.7. The number of imide groups is 1. The molecule has 1 aliphatic heterocycles. The SMILES string of the molecule is Cc1ccc(NC(=O)CN2C(=O)SC(=Cc3cc(C)n(-c4cccc(F)c4)c3C)C2=O)cc1C. The number of hydrogen-bond acceptors (Lipinski definition) is 4. The number of hydrogen-bond donors (Lipinski definition) is 1. The summed E-state index contributed by atoms with van der Waals surface area (Å²) in [4.78, 5) is 39.1. The number of thioether (sulfide) groups is 1. The van der Waals surface area contributed by atoms with Crippen molar-refractivity contribution >= 4 is 40.6 Å². The molecule has 3 aromatic rings. The molecule has 1 aliphatic rings. The number of amides is 3. The Kier molecular flexibility index (Phi) is 6.43. The molecular formula is C26H24FN3O3S. The lowest BCUT2D eigenvalue weighted by atomic mass is 10.1. The van der Waals surface area contributed by atoms with Gasteiger partial charge in [-0.3, -0.25) is 19.3 Å². The van der Waals surface area contributed by atoms with Gasteiger partial charge in [0.15, 0.2) is 0 Å². The lowest BCUT2D eigenvalue weighted by Gasteiger charge is -2.13. The van der Waals surface area contributed by atoms with Crippen LogP contribution in [0.25, 0.3) is 11.8 Å². The standard InChI is InChI=1S/C26H24FN3O3S/c1-15-8-9-21(10-16(15)2)28-24(31)14-29-25(32)23(34-26(29)33)12-19-11-17(3)30(18(19)4)22-7-5-6-20(27)13-22/h5-13H,14H2,1-4H3,(H,28,31). The van der Waals surface area contributed by atoms with Crippen molar-refractivity contribution < 1.29 is 18.8 Å². The van der Waals surface area contributed by atoms with Crippen LogP contribution in [0, 0.1) is 33.5 Å². The van der Waals surface area contributed by atoms with Crippen LogP contribution in [0.1, 0.15) is 28.1 Å². The van der Waals surface area contributed by atoms with Gasteiger partial charge in [0.2, 0.25) is 5.91 Å². The van der Waals surface area contributed by atoms with E-state index in [0.717, 1.165) is 44.7 Å². The maximum atomic E-state index is 13.7. The molecule has 0 atom stereocenters. The average Bonchev–Trinajstić information content (AvgIpc) is 3.20. The number of benzene rings is 2. The summed E-state index contributed by atoms with van der Waals surface area (Å²) in [5.41, 5.74) is 5.83. The third-order valence-corrected chi connectivity index (χ3v) is 6.70. The Morgan fingerprint density at radius 2 is 1.79 bits per heavy atom. The molecule has 2 aromatic carbocycles. The van der Waals surface area contributed by atoms with Crippen LogP contribution in [-0.2, 0) is 9.59 Å². The summed E-state index contributed by atoms with van der Waals surface area (Å²) in [5.74, 6) is -1.30. The number of aromatic nitrogens is 1. The van der Waals surface area contributed by atoms with E-state index in [-0.39, 0.29) is 17.3 Å². The van der Waals surface area contributed by atoms with Crippen LogP contribution >= 0.6 is 11.8 Å². The molecule has 34 heavy (non-hydrogen) atoms. The van der Waals surface area contributed by atoms with Crippen molar-refractivity contribution in [2.75, 3.05) is 11.9 Å². The Bertz CT molecular complexity index is 1360. The zero-order valence-corrected chi connectivity index (χ0v) is 20.1. The zero-order valence-electron chi connectivity index (χ0n) is 19.3. The van der Waals surface area contributed by atoms with Crippen molar-refractivity contribution in [3.05, 3.63) is 87.3 Å². The summed E-state index contributed by atoms with van der Waals surface area (Å²) >= 11 is 0.801. The van der Waals surface area contributed by atoms with E-state index in [0.29, 0.717) is 11.4 Å². The van der Waals surface area contributed by atoms with E-state index in [1.165, 1.54) is 12.1 Å². The molecule has 0 bridgehead atoms. The van der Waals surface area contributed by atoms with Crippen LogP contribution in [0.15, 0.2) is 53.4 Å². The monoisotopic (exact) mass is 477 g/mol. The van der Waals surface area contributed by atoms with Crippen LogP contribution in [0.5, 0.6) is 0 Å². The lowest BCUT2D eigenvalue weighted by Crippen LogP contribution is -2.36. The summed E-state index contributed by atoms with van der Waals surface area (Å²) in [6.07, 6.45) is 1.64. The summed E-state index contributed by atoms with van der Waals surface area (Å²) < 4.78 is 15.6. The summed E-state index contributed by atoms with van der Waals surface area (Å²) in [6.45, 7) is 7.31. The van der Waals surface area contributed by atoms with Crippen LogP contribution in [0.2, 0.25) is 0 Å². The molecule has 0 aliphatic carbocycles. The maximum absolute atomic E-state index is 13.7. The van der Waals surface area contributed by atoms with Gasteiger partial charge in [-0.1, -0.05) is 12.1 Å². The maximum Gasteiger partial charge on any atom is 0.294 e. The van der Waals surface area contributed by atoms with Crippen LogP contribution in [-0.4, -0.2) is 33.1 Å². The van der Waals surface area contributed by atoms with Gasteiger partial charge in [0, 0.05) is 22.8 Å². The van der Waals surface area contributed by atoms with Crippen molar-refractivity contribution in [2.24, 2.45) is 0 Å². The molecule has 1 N–H and O–H groups in total. The quantitative estimate of drug-likeness (QED) is 0.491. The Labute approximate surface area is 201 Å². The van der Waals surface area contributed by atoms with Gasteiger partial charge in [0.1, 0.15) is 12.4 Å². The minimum Gasteiger partial charge on any atom is -0.325 e. The number of nitrogens with one attached hydrogen (secondary N) is 1. The largest absolute Gasteiger partial charge is 0.325 e. The predicted molar refractivity (Wildman–Crippen MR) is 132 cm³/mol. The highest BCUT2D eigenvalue weighted by molar-refractivity contribution is 8.18. The molecule has 0 radical (unpaired) electrons. The number of rotatable bonds is 5. The van der Waals surface area contributed by atoms with E-state index < -0.39 is 17.1 Å². The third kappa shape index (κ3) is 4.68. The number of nitrogens with zero attached hydrogens (tertiary/aromatic N) is 2. The van der Waals surface area contributed by atoms with Crippen molar-refractivity contribution in [2.45, 2.75) is 27.7 Å². The van der Waals surface area contributed by atoms with E-state index >= 15 is 0 Å². The fourth-order valence-electron chi connectivity index (χ4n) is 3.89. The van der Waals surface area contributed by atoms with Gasteiger partial charge in [-0.05, 0) is 98.6 Å².